The Kier molecular flexibility index (Phi) is 3.62. The van der Waals surface area contributed by atoms with Gasteiger partial charge in [-0.3, -0.25) is 0 Å². The summed E-state index contributed by atoms with van der Waals surface area (Å²) < 4.78 is 37.7. The second-order valence-corrected chi connectivity index (χ2v) is 3.85. The van der Waals surface area contributed by atoms with Gasteiger partial charge in [-0.05, 0) is 31.0 Å². The molecule has 0 saturated heterocycles. The molecule has 1 nitrogen and oxygen atoms in total. The summed E-state index contributed by atoms with van der Waals surface area (Å²) in [5.41, 5.74) is 4.85. The topological polar surface area (TPSA) is 26.0 Å². The van der Waals surface area contributed by atoms with E-state index in [-0.39, 0.29) is 23.0 Å². The zero-order valence-electron chi connectivity index (χ0n) is 8.11. The van der Waals surface area contributed by atoms with E-state index in [0.29, 0.717) is 0 Å². The molecular weight excluding hydrogens is 227 g/mol. The molecule has 84 valence electrons. The lowest BCUT2D eigenvalue weighted by atomic mass is 10.0. The van der Waals surface area contributed by atoms with Crippen LogP contribution >= 0.6 is 11.6 Å². The molecule has 0 aliphatic heterocycles. The molecule has 0 unspecified atom stereocenters. The quantitative estimate of drug-likeness (QED) is 0.840. The van der Waals surface area contributed by atoms with E-state index in [2.05, 4.69) is 0 Å². The molecule has 0 fully saturated rings. The molecule has 5 heteroatoms. The van der Waals surface area contributed by atoms with Gasteiger partial charge in [-0.1, -0.05) is 17.7 Å². The number of nitrogens with two attached hydrogens (primary N) is 1. The highest BCUT2D eigenvalue weighted by Gasteiger charge is 2.33. The first-order valence-electron chi connectivity index (χ1n) is 4.42. The first kappa shape index (κ1) is 12.3. The van der Waals surface area contributed by atoms with Crippen LogP contribution in [0.1, 0.15) is 18.1 Å². The number of hydrogen-bond acceptors (Lipinski definition) is 1. The van der Waals surface area contributed by atoms with Gasteiger partial charge in [-0.25, -0.2) is 0 Å². The second-order valence-electron chi connectivity index (χ2n) is 3.45. The first-order chi connectivity index (χ1) is 6.82. The molecule has 1 atom stereocenters. The van der Waals surface area contributed by atoms with E-state index in [1.54, 1.807) is 6.92 Å². The third-order valence-corrected chi connectivity index (χ3v) is 2.30. The highest BCUT2D eigenvalue weighted by Crippen LogP contribution is 2.35. The lowest BCUT2D eigenvalue weighted by Crippen LogP contribution is -2.21. The number of benzene rings is 1. The van der Waals surface area contributed by atoms with Gasteiger partial charge in [-0.2, -0.15) is 13.2 Å². The monoisotopic (exact) mass is 237 g/mol. The molecule has 0 aliphatic rings. The van der Waals surface area contributed by atoms with Crippen molar-refractivity contribution in [2.24, 2.45) is 5.73 Å². The summed E-state index contributed by atoms with van der Waals surface area (Å²) in [7, 11) is 0. The Morgan fingerprint density at radius 2 is 2.00 bits per heavy atom. The number of halogens is 4. The smallest absolute Gasteiger partial charge is 0.328 e. The van der Waals surface area contributed by atoms with Crippen LogP contribution in [0.15, 0.2) is 18.2 Å². The van der Waals surface area contributed by atoms with E-state index in [1.807, 2.05) is 0 Å². The summed E-state index contributed by atoms with van der Waals surface area (Å²) in [4.78, 5) is 0. The molecule has 0 aromatic heterocycles. The van der Waals surface area contributed by atoms with Gasteiger partial charge in [0.05, 0.1) is 5.56 Å². The van der Waals surface area contributed by atoms with Gasteiger partial charge in [0.15, 0.2) is 0 Å². The van der Waals surface area contributed by atoms with Gasteiger partial charge in [0.25, 0.3) is 0 Å². The minimum Gasteiger partial charge on any atom is -0.328 e. The maximum atomic E-state index is 12.6. The van der Waals surface area contributed by atoms with Gasteiger partial charge in [0.2, 0.25) is 0 Å². The molecule has 15 heavy (non-hydrogen) atoms. The summed E-state index contributed by atoms with van der Waals surface area (Å²) in [6, 6.07) is 3.39. The molecule has 1 rings (SSSR count). The van der Waals surface area contributed by atoms with Crippen LogP contribution in [0.5, 0.6) is 0 Å². The molecule has 0 bridgehead atoms. The molecule has 1 aromatic carbocycles. The Morgan fingerprint density at radius 3 is 2.47 bits per heavy atom. The molecule has 0 heterocycles. The van der Waals surface area contributed by atoms with Crippen LogP contribution in [-0.4, -0.2) is 6.04 Å². The van der Waals surface area contributed by atoms with Gasteiger partial charge >= 0.3 is 6.18 Å². The van der Waals surface area contributed by atoms with Gasteiger partial charge in [0, 0.05) is 11.1 Å². The van der Waals surface area contributed by atoms with Crippen molar-refractivity contribution in [2.45, 2.75) is 25.6 Å². The van der Waals surface area contributed by atoms with Gasteiger partial charge < -0.3 is 5.73 Å². The van der Waals surface area contributed by atoms with E-state index >= 15 is 0 Å². The van der Waals surface area contributed by atoms with E-state index in [1.165, 1.54) is 12.1 Å². The Labute approximate surface area is 91.0 Å². The van der Waals surface area contributed by atoms with Crippen molar-refractivity contribution in [3.8, 4) is 0 Å². The van der Waals surface area contributed by atoms with Crippen molar-refractivity contribution in [3.63, 3.8) is 0 Å². The minimum absolute atomic E-state index is 0.0710. The zero-order valence-corrected chi connectivity index (χ0v) is 8.86. The highest BCUT2D eigenvalue weighted by molar-refractivity contribution is 6.31. The van der Waals surface area contributed by atoms with Crippen molar-refractivity contribution >= 4 is 11.6 Å². The fourth-order valence-corrected chi connectivity index (χ4v) is 1.61. The van der Waals surface area contributed by atoms with E-state index in [0.717, 1.165) is 6.07 Å². The molecule has 0 spiro atoms. The average Bonchev–Trinajstić information content (AvgIpc) is 2.05. The predicted octanol–water partition coefficient (Wildman–Crippen LogP) is 3.25. The average molecular weight is 238 g/mol. The molecule has 1 aromatic rings. The van der Waals surface area contributed by atoms with E-state index in [4.69, 9.17) is 17.3 Å². The van der Waals surface area contributed by atoms with Crippen molar-refractivity contribution in [1.29, 1.82) is 0 Å². The van der Waals surface area contributed by atoms with Crippen LogP contribution in [0.3, 0.4) is 0 Å². The third kappa shape index (κ3) is 3.11. The Hall–Kier alpha value is -0.740. The molecular formula is C10H11ClF3N. The normalized spacial score (nSPS) is 14.0. The zero-order chi connectivity index (χ0) is 11.6. The molecule has 0 amide bonds. The fraction of sp³-hybridized carbons (Fsp3) is 0.400. The van der Waals surface area contributed by atoms with Gasteiger partial charge in [-0.15, -0.1) is 0 Å². The summed E-state index contributed by atoms with van der Waals surface area (Å²) in [5, 5.41) is 0.113. The number of hydrogen-bond donors (Lipinski definition) is 1. The van der Waals surface area contributed by atoms with Crippen LogP contribution in [0.25, 0.3) is 0 Å². The van der Waals surface area contributed by atoms with E-state index < -0.39 is 11.7 Å². The summed E-state index contributed by atoms with van der Waals surface area (Å²) >= 11 is 5.72. The third-order valence-electron chi connectivity index (χ3n) is 1.95. The number of alkyl halides is 3. The molecule has 2 N–H and O–H groups in total. The fourth-order valence-electron chi connectivity index (χ4n) is 1.35. The van der Waals surface area contributed by atoms with Crippen LogP contribution in [-0.2, 0) is 12.6 Å². The summed E-state index contributed by atoms with van der Waals surface area (Å²) in [6.45, 7) is 1.64. The summed E-state index contributed by atoms with van der Waals surface area (Å²) in [5.74, 6) is 0. The largest absolute Gasteiger partial charge is 0.416 e. The van der Waals surface area contributed by atoms with Crippen LogP contribution in [0, 0.1) is 0 Å². The standard InChI is InChI=1S/C10H11ClF3N/c1-6(15)5-7-8(10(12,13)14)3-2-4-9(7)11/h2-4,6H,5,15H2,1H3/t6-/m0/s1. The second kappa shape index (κ2) is 4.41. The molecule has 0 aliphatic carbocycles. The SMILES string of the molecule is C[C@H](N)Cc1c(Cl)cccc1C(F)(F)F. The predicted molar refractivity (Wildman–Crippen MR) is 53.8 cm³/mol. The van der Waals surface area contributed by atoms with Crippen molar-refractivity contribution in [3.05, 3.63) is 34.3 Å². The van der Waals surface area contributed by atoms with Crippen LogP contribution in [0.2, 0.25) is 5.02 Å². The maximum absolute atomic E-state index is 12.6. The van der Waals surface area contributed by atoms with Crippen LogP contribution in [0.4, 0.5) is 13.2 Å². The van der Waals surface area contributed by atoms with Gasteiger partial charge in [0.1, 0.15) is 0 Å². The first-order valence-corrected chi connectivity index (χ1v) is 4.80. The Bertz CT molecular complexity index is 347. The van der Waals surface area contributed by atoms with E-state index in [9.17, 15) is 13.2 Å². The van der Waals surface area contributed by atoms with Crippen LogP contribution < -0.4 is 5.73 Å². The molecule has 0 radical (unpaired) electrons. The lowest BCUT2D eigenvalue weighted by Gasteiger charge is -2.15. The Morgan fingerprint density at radius 1 is 1.40 bits per heavy atom. The Balaban J connectivity index is 3.21. The van der Waals surface area contributed by atoms with Crippen molar-refractivity contribution in [1.82, 2.24) is 0 Å². The highest BCUT2D eigenvalue weighted by atomic mass is 35.5. The number of rotatable bonds is 2. The minimum atomic E-state index is -4.38. The molecule has 0 saturated carbocycles. The van der Waals surface area contributed by atoms with Crippen molar-refractivity contribution in [2.75, 3.05) is 0 Å². The van der Waals surface area contributed by atoms with Crippen molar-refractivity contribution < 1.29 is 13.2 Å². The summed E-state index contributed by atoms with van der Waals surface area (Å²) in [6.07, 6.45) is -4.26. The maximum Gasteiger partial charge on any atom is 0.416 e. The lowest BCUT2D eigenvalue weighted by molar-refractivity contribution is -0.138.